The molecule has 0 aromatic rings. The zero-order chi connectivity index (χ0) is 18.1. The Morgan fingerprint density at radius 1 is 1.16 bits per heavy atom. The van der Waals surface area contributed by atoms with E-state index < -0.39 is 5.97 Å². The van der Waals surface area contributed by atoms with Gasteiger partial charge >= 0.3 is 5.97 Å². The summed E-state index contributed by atoms with van der Waals surface area (Å²) in [5, 5.41) is 9.71. The van der Waals surface area contributed by atoms with E-state index in [1.807, 2.05) is 11.9 Å². The van der Waals surface area contributed by atoms with E-state index in [1.54, 1.807) is 0 Å². The topological polar surface area (TPSA) is 57.6 Å². The second-order valence-electron chi connectivity index (χ2n) is 9.59. The fraction of sp³-hybridized carbons (Fsp3) is 0.810. The van der Waals surface area contributed by atoms with Crippen LogP contribution in [0.3, 0.4) is 0 Å². The first kappa shape index (κ1) is 17.1. The fourth-order valence-electron chi connectivity index (χ4n) is 7.51. The molecule has 1 N–H and O–H groups in total. The van der Waals surface area contributed by atoms with Crippen LogP contribution in [-0.2, 0) is 9.59 Å². The van der Waals surface area contributed by atoms with Gasteiger partial charge in [-0.15, -0.1) is 0 Å². The number of amides is 1. The number of hydrogen-bond donors (Lipinski definition) is 1. The minimum absolute atomic E-state index is 0.0441. The van der Waals surface area contributed by atoms with Gasteiger partial charge in [0.25, 0.3) is 0 Å². The highest BCUT2D eigenvalue weighted by Crippen LogP contribution is 2.66. The fourth-order valence-corrected chi connectivity index (χ4v) is 7.51. The lowest BCUT2D eigenvalue weighted by Crippen LogP contribution is -2.54. The first-order valence-electron chi connectivity index (χ1n) is 9.89. The number of aliphatic carboxylic acids is 1. The number of allylic oxidation sites excluding steroid dienone is 2. The number of piperidine rings is 1. The molecule has 1 amide bonds. The summed E-state index contributed by atoms with van der Waals surface area (Å²) in [6.07, 6.45) is 6.67. The van der Waals surface area contributed by atoms with Crippen LogP contribution >= 0.6 is 0 Å². The van der Waals surface area contributed by atoms with Gasteiger partial charge in [-0.3, -0.25) is 9.59 Å². The van der Waals surface area contributed by atoms with Crippen LogP contribution in [0.2, 0.25) is 0 Å². The molecule has 0 radical (unpaired) electrons. The molecular weight excluding hydrogens is 314 g/mol. The first-order chi connectivity index (χ1) is 11.7. The molecule has 1 saturated heterocycles. The van der Waals surface area contributed by atoms with Crippen LogP contribution in [0.25, 0.3) is 0 Å². The number of carboxylic acid groups (broad SMARTS) is 1. The molecule has 0 bridgehead atoms. The average molecular weight is 345 g/mol. The molecule has 4 rings (SSSR count). The quantitative estimate of drug-likeness (QED) is 0.779. The Morgan fingerprint density at radius 3 is 2.56 bits per heavy atom. The van der Waals surface area contributed by atoms with E-state index in [4.69, 9.17) is 0 Å². The summed E-state index contributed by atoms with van der Waals surface area (Å²) in [5.74, 6) is 1.17. The van der Waals surface area contributed by atoms with Gasteiger partial charge in [-0.05, 0) is 68.6 Å². The van der Waals surface area contributed by atoms with Gasteiger partial charge in [0.05, 0.1) is 5.92 Å². The van der Waals surface area contributed by atoms with Gasteiger partial charge in [-0.1, -0.05) is 19.4 Å². The summed E-state index contributed by atoms with van der Waals surface area (Å²) in [7, 11) is 1.95. The number of rotatable bonds is 1. The summed E-state index contributed by atoms with van der Waals surface area (Å²) in [4.78, 5) is 26.0. The molecule has 4 aliphatic rings. The van der Waals surface area contributed by atoms with Gasteiger partial charge in [0, 0.05) is 24.6 Å². The Kier molecular flexibility index (Phi) is 3.66. The minimum Gasteiger partial charge on any atom is -0.481 e. The summed E-state index contributed by atoms with van der Waals surface area (Å²) in [6, 6.07) is 0. The van der Waals surface area contributed by atoms with Crippen LogP contribution in [0.1, 0.15) is 65.7 Å². The third-order valence-electron chi connectivity index (χ3n) is 8.61. The number of carbonyl (C=O) groups excluding carboxylic acids is 1. The predicted octanol–water partition coefficient (Wildman–Crippen LogP) is 4.07. The van der Waals surface area contributed by atoms with E-state index in [1.165, 1.54) is 11.3 Å². The number of carboxylic acids is 1. The van der Waals surface area contributed by atoms with Crippen LogP contribution in [0.4, 0.5) is 0 Å². The van der Waals surface area contributed by atoms with Crippen molar-refractivity contribution in [1.82, 2.24) is 4.90 Å². The molecular formula is C21H31NO3. The van der Waals surface area contributed by atoms with Gasteiger partial charge in [0.2, 0.25) is 5.91 Å². The zero-order valence-electron chi connectivity index (χ0n) is 16.0. The van der Waals surface area contributed by atoms with Crippen molar-refractivity contribution >= 4 is 11.9 Å². The Bertz CT molecular complexity index is 668. The molecule has 0 aromatic carbocycles. The van der Waals surface area contributed by atoms with Crippen LogP contribution in [0, 0.1) is 34.5 Å². The highest BCUT2D eigenvalue weighted by atomic mass is 16.4. The van der Waals surface area contributed by atoms with Crippen LogP contribution < -0.4 is 0 Å². The summed E-state index contributed by atoms with van der Waals surface area (Å²) < 4.78 is 0. The second kappa shape index (κ2) is 5.34. The number of carbonyl (C=O) groups is 2. The molecule has 0 spiro atoms. The van der Waals surface area contributed by atoms with Crippen LogP contribution in [0.5, 0.6) is 0 Å². The Labute approximate surface area is 150 Å². The van der Waals surface area contributed by atoms with E-state index in [-0.39, 0.29) is 22.7 Å². The van der Waals surface area contributed by atoms with Crippen molar-refractivity contribution < 1.29 is 14.7 Å². The van der Waals surface area contributed by atoms with E-state index >= 15 is 0 Å². The van der Waals surface area contributed by atoms with Gasteiger partial charge in [-0.2, -0.15) is 0 Å². The molecule has 0 aromatic heterocycles. The highest BCUT2D eigenvalue weighted by Gasteiger charge is 2.61. The first-order valence-corrected chi connectivity index (χ1v) is 9.89. The van der Waals surface area contributed by atoms with Crippen LogP contribution in [-0.4, -0.2) is 28.9 Å². The predicted molar refractivity (Wildman–Crippen MR) is 95.6 cm³/mol. The van der Waals surface area contributed by atoms with Gasteiger partial charge in [-0.25, -0.2) is 0 Å². The summed E-state index contributed by atoms with van der Waals surface area (Å²) in [5.41, 5.74) is 2.68. The summed E-state index contributed by atoms with van der Waals surface area (Å²) >= 11 is 0. The third kappa shape index (κ3) is 2.12. The zero-order valence-corrected chi connectivity index (χ0v) is 16.0. The lowest BCUT2D eigenvalue weighted by molar-refractivity contribution is -0.150. The maximum absolute atomic E-state index is 12.3. The summed E-state index contributed by atoms with van der Waals surface area (Å²) in [6.45, 7) is 6.82. The monoisotopic (exact) mass is 345 g/mol. The van der Waals surface area contributed by atoms with Crippen molar-refractivity contribution in [3.05, 3.63) is 11.3 Å². The second-order valence-corrected chi connectivity index (χ2v) is 9.59. The minimum atomic E-state index is -0.596. The average Bonchev–Trinajstić information content (AvgIpc) is 2.89. The van der Waals surface area contributed by atoms with Crippen molar-refractivity contribution in [1.29, 1.82) is 0 Å². The molecule has 4 heteroatoms. The van der Waals surface area contributed by atoms with E-state index in [2.05, 4.69) is 20.8 Å². The lowest BCUT2D eigenvalue weighted by Gasteiger charge is -2.59. The third-order valence-corrected chi connectivity index (χ3v) is 8.61. The molecule has 3 unspecified atom stereocenters. The van der Waals surface area contributed by atoms with Crippen molar-refractivity contribution in [3.8, 4) is 0 Å². The normalized spacial score (nSPS) is 46.6. The Hall–Kier alpha value is -1.32. The molecule has 2 saturated carbocycles. The van der Waals surface area contributed by atoms with E-state index in [9.17, 15) is 14.7 Å². The molecule has 25 heavy (non-hydrogen) atoms. The molecule has 3 fully saturated rings. The Morgan fingerprint density at radius 2 is 1.88 bits per heavy atom. The standard InChI is InChI=1S/C21H31NO3/c1-12-11-13-14-5-6-16(19(24)25)20(14,2)9-7-15(13)21(3)10-8-17(23)22(4)18(12)21/h13-16H,5-11H2,1-4H3,(H,24,25)/t13?,14-,15?,16?,20-,21+/m0/s1. The van der Waals surface area contributed by atoms with Crippen molar-refractivity contribution in [2.75, 3.05) is 7.05 Å². The lowest BCUT2D eigenvalue weighted by atomic mass is 9.48. The number of likely N-dealkylation sites (tertiary alicyclic amines) is 1. The Balaban J connectivity index is 1.74. The molecule has 138 valence electrons. The van der Waals surface area contributed by atoms with Gasteiger partial charge in [0.15, 0.2) is 0 Å². The van der Waals surface area contributed by atoms with Gasteiger partial charge < -0.3 is 10.0 Å². The van der Waals surface area contributed by atoms with Gasteiger partial charge in [0.1, 0.15) is 0 Å². The number of nitrogens with zero attached hydrogens (tertiary/aromatic N) is 1. The highest BCUT2D eigenvalue weighted by molar-refractivity contribution is 5.80. The van der Waals surface area contributed by atoms with Crippen molar-refractivity contribution in [2.45, 2.75) is 65.7 Å². The number of hydrogen-bond acceptors (Lipinski definition) is 2. The van der Waals surface area contributed by atoms with Crippen molar-refractivity contribution in [2.24, 2.45) is 34.5 Å². The molecule has 1 aliphatic heterocycles. The maximum atomic E-state index is 12.3. The molecule has 6 atom stereocenters. The molecule has 3 aliphatic carbocycles. The van der Waals surface area contributed by atoms with Crippen LogP contribution in [0.15, 0.2) is 11.3 Å². The SMILES string of the molecule is CC1=C2N(C)C(=O)CC[C@]2(C)C2CC[C@]3(C)C(C(=O)O)CC[C@H]3C2C1. The van der Waals surface area contributed by atoms with Crippen molar-refractivity contribution in [3.63, 3.8) is 0 Å². The number of fused-ring (bicyclic) bond motifs is 5. The van der Waals surface area contributed by atoms with E-state index in [0.29, 0.717) is 24.2 Å². The molecule has 1 heterocycles. The largest absolute Gasteiger partial charge is 0.481 e. The smallest absolute Gasteiger partial charge is 0.307 e. The molecule has 4 nitrogen and oxygen atoms in total. The van der Waals surface area contributed by atoms with E-state index in [0.717, 1.165) is 38.5 Å². The maximum Gasteiger partial charge on any atom is 0.307 e.